The standard InChI is InChI=1S/C14H21BrO2/c15-10-4-7-14(17-12-11-16)9-8-13-5-2-1-3-6-13/h1-3,5-6,14,16H,4,7-12H2. The number of benzene rings is 1. The smallest absolute Gasteiger partial charge is 0.0701 e. The summed E-state index contributed by atoms with van der Waals surface area (Å²) in [6.45, 7) is 0.553. The van der Waals surface area contributed by atoms with Crippen LogP contribution in [0.3, 0.4) is 0 Å². The van der Waals surface area contributed by atoms with Gasteiger partial charge in [-0.1, -0.05) is 46.3 Å². The maximum atomic E-state index is 8.79. The lowest BCUT2D eigenvalue weighted by Crippen LogP contribution is -2.16. The van der Waals surface area contributed by atoms with E-state index in [2.05, 4.69) is 40.2 Å². The summed E-state index contributed by atoms with van der Waals surface area (Å²) in [6.07, 6.45) is 4.50. The Morgan fingerprint density at radius 1 is 1.18 bits per heavy atom. The number of aliphatic hydroxyl groups is 1. The number of rotatable bonds is 9. The van der Waals surface area contributed by atoms with Crippen molar-refractivity contribution in [2.45, 2.75) is 31.8 Å². The molecule has 1 aromatic rings. The summed E-state index contributed by atoms with van der Waals surface area (Å²) in [5.74, 6) is 0. The molecule has 0 saturated carbocycles. The van der Waals surface area contributed by atoms with E-state index in [1.165, 1.54) is 5.56 Å². The van der Waals surface area contributed by atoms with Gasteiger partial charge in [-0.05, 0) is 31.2 Å². The minimum atomic E-state index is 0.107. The van der Waals surface area contributed by atoms with Gasteiger partial charge in [-0.15, -0.1) is 0 Å². The van der Waals surface area contributed by atoms with Gasteiger partial charge < -0.3 is 9.84 Å². The summed E-state index contributed by atoms with van der Waals surface area (Å²) >= 11 is 3.44. The van der Waals surface area contributed by atoms with E-state index >= 15 is 0 Å². The first-order valence-electron chi connectivity index (χ1n) is 6.19. The molecule has 0 aliphatic rings. The molecule has 1 aromatic carbocycles. The summed E-state index contributed by atoms with van der Waals surface area (Å²) in [7, 11) is 0. The fraction of sp³-hybridized carbons (Fsp3) is 0.571. The van der Waals surface area contributed by atoms with E-state index in [1.54, 1.807) is 0 Å². The topological polar surface area (TPSA) is 29.5 Å². The summed E-state index contributed by atoms with van der Waals surface area (Å²) in [5, 5.41) is 9.80. The second-order valence-corrected chi connectivity index (χ2v) is 4.86. The Hall–Kier alpha value is -0.380. The maximum Gasteiger partial charge on any atom is 0.0701 e. The van der Waals surface area contributed by atoms with Crippen LogP contribution in [0.5, 0.6) is 0 Å². The molecule has 1 N–H and O–H groups in total. The lowest BCUT2D eigenvalue weighted by molar-refractivity contribution is 0.0195. The van der Waals surface area contributed by atoms with Crippen LogP contribution in [0.1, 0.15) is 24.8 Å². The van der Waals surface area contributed by atoms with Gasteiger partial charge >= 0.3 is 0 Å². The highest BCUT2D eigenvalue weighted by Crippen LogP contribution is 2.12. The Bertz CT molecular complexity index is 269. The molecule has 3 heteroatoms. The van der Waals surface area contributed by atoms with Crippen molar-refractivity contribution in [3.05, 3.63) is 35.9 Å². The summed E-state index contributed by atoms with van der Waals surface area (Å²) in [5.41, 5.74) is 1.35. The van der Waals surface area contributed by atoms with Crippen molar-refractivity contribution >= 4 is 15.9 Å². The van der Waals surface area contributed by atoms with Gasteiger partial charge in [0, 0.05) is 5.33 Å². The van der Waals surface area contributed by atoms with Crippen molar-refractivity contribution in [3.8, 4) is 0 Å². The third-order valence-electron chi connectivity index (χ3n) is 2.70. The zero-order valence-corrected chi connectivity index (χ0v) is 11.7. The molecule has 1 unspecified atom stereocenters. The fourth-order valence-electron chi connectivity index (χ4n) is 1.81. The average Bonchev–Trinajstić information content (AvgIpc) is 2.39. The van der Waals surface area contributed by atoms with E-state index in [-0.39, 0.29) is 12.7 Å². The minimum absolute atomic E-state index is 0.107. The first kappa shape index (κ1) is 14.7. The van der Waals surface area contributed by atoms with Crippen LogP contribution in [-0.4, -0.2) is 29.8 Å². The van der Waals surface area contributed by atoms with Crippen molar-refractivity contribution < 1.29 is 9.84 Å². The van der Waals surface area contributed by atoms with E-state index in [0.717, 1.165) is 31.0 Å². The van der Waals surface area contributed by atoms with E-state index in [9.17, 15) is 0 Å². The second kappa shape index (κ2) is 9.63. The quantitative estimate of drug-likeness (QED) is 0.710. The second-order valence-electron chi connectivity index (χ2n) is 4.07. The van der Waals surface area contributed by atoms with Crippen LogP contribution in [0.25, 0.3) is 0 Å². The van der Waals surface area contributed by atoms with Crippen LogP contribution in [-0.2, 0) is 11.2 Å². The Kier molecular flexibility index (Phi) is 8.32. The van der Waals surface area contributed by atoms with Gasteiger partial charge in [0.05, 0.1) is 19.3 Å². The van der Waals surface area contributed by atoms with Crippen molar-refractivity contribution in [1.29, 1.82) is 0 Å². The van der Waals surface area contributed by atoms with E-state index in [0.29, 0.717) is 6.61 Å². The van der Waals surface area contributed by atoms with Gasteiger partial charge in [0.15, 0.2) is 0 Å². The van der Waals surface area contributed by atoms with Crippen LogP contribution in [0.2, 0.25) is 0 Å². The van der Waals surface area contributed by atoms with E-state index in [1.807, 2.05) is 6.07 Å². The molecule has 0 aromatic heterocycles. The molecule has 0 heterocycles. The zero-order valence-electron chi connectivity index (χ0n) is 10.1. The van der Waals surface area contributed by atoms with Crippen molar-refractivity contribution in [1.82, 2.24) is 0 Å². The fourth-order valence-corrected chi connectivity index (χ4v) is 2.13. The number of hydrogen-bond acceptors (Lipinski definition) is 2. The molecule has 0 bridgehead atoms. The number of halogens is 1. The summed E-state index contributed by atoms with van der Waals surface area (Å²) < 4.78 is 5.64. The molecule has 0 spiro atoms. The van der Waals surface area contributed by atoms with Crippen molar-refractivity contribution in [3.63, 3.8) is 0 Å². The van der Waals surface area contributed by atoms with Gasteiger partial charge in [-0.3, -0.25) is 0 Å². The molecule has 96 valence electrons. The number of aryl methyl sites for hydroxylation is 1. The normalized spacial score (nSPS) is 12.6. The molecule has 2 nitrogen and oxygen atoms in total. The van der Waals surface area contributed by atoms with Gasteiger partial charge in [-0.2, -0.15) is 0 Å². The number of aliphatic hydroxyl groups excluding tert-OH is 1. The number of alkyl halides is 1. The predicted molar refractivity (Wildman–Crippen MR) is 74.6 cm³/mol. The summed E-state index contributed by atoms with van der Waals surface area (Å²) in [6, 6.07) is 10.5. The van der Waals surface area contributed by atoms with E-state index < -0.39 is 0 Å². The maximum absolute atomic E-state index is 8.79. The Morgan fingerprint density at radius 3 is 2.59 bits per heavy atom. The highest BCUT2D eigenvalue weighted by Gasteiger charge is 2.08. The highest BCUT2D eigenvalue weighted by atomic mass is 79.9. The predicted octanol–water partition coefficient (Wildman–Crippen LogP) is 3.17. The van der Waals surface area contributed by atoms with Gasteiger partial charge in [0.25, 0.3) is 0 Å². The molecule has 0 saturated heterocycles. The molecule has 0 aliphatic carbocycles. The third-order valence-corrected chi connectivity index (χ3v) is 3.26. The molecule has 0 radical (unpaired) electrons. The molecule has 1 atom stereocenters. The highest BCUT2D eigenvalue weighted by molar-refractivity contribution is 9.09. The monoisotopic (exact) mass is 300 g/mol. The van der Waals surface area contributed by atoms with Crippen molar-refractivity contribution in [2.75, 3.05) is 18.5 Å². The van der Waals surface area contributed by atoms with Crippen LogP contribution in [0, 0.1) is 0 Å². The SMILES string of the molecule is OCCOC(CCCBr)CCc1ccccc1. The van der Waals surface area contributed by atoms with E-state index in [4.69, 9.17) is 9.84 Å². The largest absolute Gasteiger partial charge is 0.394 e. The minimum Gasteiger partial charge on any atom is -0.394 e. The lowest BCUT2D eigenvalue weighted by atomic mass is 10.0. The van der Waals surface area contributed by atoms with Crippen molar-refractivity contribution in [2.24, 2.45) is 0 Å². The zero-order chi connectivity index (χ0) is 12.3. The Labute approximate surface area is 112 Å². The molecule has 0 amide bonds. The molecule has 1 rings (SSSR count). The Morgan fingerprint density at radius 2 is 1.94 bits per heavy atom. The van der Waals surface area contributed by atoms with Crippen LogP contribution >= 0.6 is 15.9 Å². The first-order chi connectivity index (χ1) is 8.36. The molecule has 0 aliphatic heterocycles. The molecule has 0 fully saturated rings. The number of hydrogen-bond donors (Lipinski definition) is 1. The Balaban J connectivity index is 2.31. The molecule has 17 heavy (non-hydrogen) atoms. The van der Waals surface area contributed by atoms with Gasteiger partial charge in [0.1, 0.15) is 0 Å². The average molecular weight is 301 g/mol. The van der Waals surface area contributed by atoms with Gasteiger partial charge in [0.2, 0.25) is 0 Å². The molecular weight excluding hydrogens is 280 g/mol. The molecular formula is C14H21BrO2. The third kappa shape index (κ3) is 6.81. The van der Waals surface area contributed by atoms with Gasteiger partial charge in [-0.25, -0.2) is 0 Å². The van der Waals surface area contributed by atoms with Crippen LogP contribution in [0.4, 0.5) is 0 Å². The first-order valence-corrected chi connectivity index (χ1v) is 7.31. The lowest BCUT2D eigenvalue weighted by Gasteiger charge is -2.17. The van der Waals surface area contributed by atoms with Crippen LogP contribution in [0.15, 0.2) is 30.3 Å². The van der Waals surface area contributed by atoms with Crippen LogP contribution < -0.4 is 0 Å². The summed E-state index contributed by atoms with van der Waals surface area (Å²) in [4.78, 5) is 0. The number of ether oxygens (including phenoxy) is 1.